The molecular formula is C28H34N4O4. The number of aromatic nitrogens is 3. The normalized spacial score (nSPS) is 22.2. The Morgan fingerprint density at radius 1 is 1.19 bits per heavy atom. The second-order valence-corrected chi connectivity index (χ2v) is 11.2. The van der Waals surface area contributed by atoms with E-state index in [1.807, 2.05) is 32.0 Å². The summed E-state index contributed by atoms with van der Waals surface area (Å²) in [4.78, 5) is 37.6. The number of hydrogen-bond donors (Lipinski definition) is 1. The highest BCUT2D eigenvalue weighted by Gasteiger charge is 2.60. The van der Waals surface area contributed by atoms with Crippen LogP contribution in [0.25, 0.3) is 0 Å². The highest BCUT2D eigenvalue weighted by molar-refractivity contribution is 5.99. The molecule has 1 fully saturated rings. The molecule has 0 aliphatic carbocycles. The highest BCUT2D eigenvalue weighted by Crippen LogP contribution is 2.54. The van der Waals surface area contributed by atoms with Gasteiger partial charge in [-0.2, -0.15) is 4.98 Å². The number of carboxylic acid groups (broad SMARTS) is 1. The number of amides is 1. The first-order chi connectivity index (χ1) is 16.9. The second kappa shape index (κ2) is 9.48. The fraction of sp³-hybridized carbons (Fsp3) is 0.464. The molecule has 0 spiro atoms. The number of pyridine rings is 1. The Morgan fingerprint density at radius 3 is 2.39 bits per heavy atom. The summed E-state index contributed by atoms with van der Waals surface area (Å²) in [7, 11) is 0. The molecule has 1 aliphatic heterocycles. The Morgan fingerprint density at radius 2 is 1.89 bits per heavy atom. The second-order valence-electron chi connectivity index (χ2n) is 11.2. The van der Waals surface area contributed by atoms with Crippen molar-refractivity contribution in [1.29, 1.82) is 0 Å². The van der Waals surface area contributed by atoms with E-state index in [1.54, 1.807) is 42.4 Å². The third kappa shape index (κ3) is 4.64. The van der Waals surface area contributed by atoms with Crippen LogP contribution in [0.2, 0.25) is 0 Å². The van der Waals surface area contributed by atoms with Crippen molar-refractivity contribution in [3.63, 3.8) is 0 Å². The summed E-state index contributed by atoms with van der Waals surface area (Å²) in [6.07, 6.45) is 3.78. The molecule has 8 nitrogen and oxygen atoms in total. The lowest BCUT2D eigenvalue weighted by molar-refractivity contribution is -0.150. The first kappa shape index (κ1) is 25.5. The van der Waals surface area contributed by atoms with Crippen molar-refractivity contribution in [3.8, 4) is 0 Å². The van der Waals surface area contributed by atoms with Gasteiger partial charge in [0.2, 0.25) is 5.89 Å². The van der Waals surface area contributed by atoms with Crippen LogP contribution in [-0.4, -0.2) is 42.5 Å². The average molecular weight is 491 g/mol. The van der Waals surface area contributed by atoms with Gasteiger partial charge in [-0.1, -0.05) is 58.0 Å². The number of aliphatic carboxylic acids is 1. The maximum atomic E-state index is 14.3. The van der Waals surface area contributed by atoms with Gasteiger partial charge >= 0.3 is 5.97 Å². The van der Waals surface area contributed by atoms with E-state index in [9.17, 15) is 14.7 Å². The van der Waals surface area contributed by atoms with Crippen molar-refractivity contribution < 1.29 is 19.2 Å². The van der Waals surface area contributed by atoms with Gasteiger partial charge in [-0.3, -0.25) is 9.78 Å². The van der Waals surface area contributed by atoms with Crippen molar-refractivity contribution >= 4 is 11.9 Å². The molecule has 3 aromatic rings. The number of hydrogen-bond acceptors (Lipinski definition) is 6. The molecule has 0 saturated carbocycles. The topological polar surface area (TPSA) is 109 Å². The summed E-state index contributed by atoms with van der Waals surface area (Å²) in [5.74, 6) is -1.06. The summed E-state index contributed by atoms with van der Waals surface area (Å²) in [6, 6.07) is 10.5. The number of nitrogens with zero attached hydrogens (tertiary/aromatic N) is 4. The number of likely N-dealkylation sites (tertiary alicyclic amines) is 1. The van der Waals surface area contributed by atoms with Crippen LogP contribution in [0.15, 0.2) is 53.3 Å². The molecule has 1 aromatic carbocycles. The monoisotopic (exact) mass is 490 g/mol. The summed E-state index contributed by atoms with van der Waals surface area (Å²) < 4.78 is 5.55. The van der Waals surface area contributed by atoms with Crippen LogP contribution in [0.4, 0.5) is 0 Å². The molecule has 4 rings (SSSR count). The van der Waals surface area contributed by atoms with Gasteiger partial charge in [0.25, 0.3) is 5.91 Å². The van der Waals surface area contributed by atoms with E-state index in [2.05, 4.69) is 35.9 Å². The van der Waals surface area contributed by atoms with Gasteiger partial charge in [0.1, 0.15) is 5.54 Å². The molecule has 3 unspecified atom stereocenters. The molecule has 0 radical (unpaired) electrons. The predicted molar refractivity (Wildman–Crippen MR) is 135 cm³/mol. The third-order valence-electron chi connectivity index (χ3n) is 6.93. The Bertz CT molecular complexity index is 1230. The van der Waals surface area contributed by atoms with E-state index in [4.69, 9.17) is 4.52 Å². The maximum Gasteiger partial charge on any atom is 0.329 e. The Labute approximate surface area is 211 Å². The molecule has 3 heterocycles. The molecule has 190 valence electrons. The number of rotatable bonds is 6. The molecule has 36 heavy (non-hydrogen) atoms. The van der Waals surface area contributed by atoms with Gasteiger partial charge in [-0.05, 0) is 60.4 Å². The fourth-order valence-electron chi connectivity index (χ4n) is 5.35. The smallest absolute Gasteiger partial charge is 0.329 e. The largest absolute Gasteiger partial charge is 0.479 e. The van der Waals surface area contributed by atoms with E-state index in [-0.39, 0.29) is 30.1 Å². The summed E-state index contributed by atoms with van der Waals surface area (Å²) in [5, 5.41) is 14.6. The van der Waals surface area contributed by atoms with E-state index in [1.165, 1.54) is 0 Å². The van der Waals surface area contributed by atoms with E-state index in [0.717, 1.165) is 11.1 Å². The molecule has 3 atom stereocenters. The zero-order valence-electron chi connectivity index (χ0n) is 21.7. The van der Waals surface area contributed by atoms with Gasteiger partial charge in [-0.15, -0.1) is 0 Å². The van der Waals surface area contributed by atoms with Crippen molar-refractivity contribution in [3.05, 3.63) is 77.2 Å². The van der Waals surface area contributed by atoms with Crippen molar-refractivity contribution in [2.45, 2.75) is 77.3 Å². The number of aryl methyl sites for hydroxylation is 1. The first-order valence-corrected chi connectivity index (χ1v) is 12.3. The quantitative estimate of drug-likeness (QED) is 0.498. The van der Waals surface area contributed by atoms with Gasteiger partial charge in [0.15, 0.2) is 5.82 Å². The minimum Gasteiger partial charge on any atom is -0.479 e. The minimum atomic E-state index is -1.46. The fourth-order valence-corrected chi connectivity index (χ4v) is 5.35. The standard InChI is InChI=1S/C28H34N4O4/c1-17(2)14-28(26(34)35)15-22(24-30-18(3)31-36-24)23(20-8-7-13-29-16-20)32(28)25(33)19-9-11-21(12-10-19)27(4,5)6/h7-13,16-17,22-23H,14-15H2,1-6H3,(H,34,35). The predicted octanol–water partition coefficient (Wildman–Crippen LogP) is 5.31. The lowest BCUT2D eigenvalue weighted by Crippen LogP contribution is -2.54. The number of benzene rings is 1. The van der Waals surface area contributed by atoms with Crippen molar-refractivity contribution in [1.82, 2.24) is 20.0 Å². The zero-order chi connectivity index (χ0) is 26.3. The lowest BCUT2D eigenvalue weighted by Gasteiger charge is -2.39. The van der Waals surface area contributed by atoms with Gasteiger partial charge in [0, 0.05) is 18.0 Å². The number of carbonyl (C=O) groups is 2. The van der Waals surface area contributed by atoms with E-state index < -0.39 is 23.5 Å². The molecule has 8 heteroatoms. The van der Waals surface area contributed by atoms with Crippen LogP contribution in [0.1, 0.15) is 92.6 Å². The molecule has 1 N–H and O–H groups in total. The van der Waals surface area contributed by atoms with Crippen LogP contribution in [0.5, 0.6) is 0 Å². The third-order valence-corrected chi connectivity index (χ3v) is 6.93. The minimum absolute atomic E-state index is 0.0254. The zero-order valence-corrected chi connectivity index (χ0v) is 21.7. The molecule has 0 bridgehead atoms. The summed E-state index contributed by atoms with van der Waals surface area (Å²) in [5.41, 5.74) is 0.729. The Balaban J connectivity index is 1.91. The molecule has 2 aromatic heterocycles. The molecule has 1 amide bonds. The van der Waals surface area contributed by atoms with Gasteiger partial charge in [0.05, 0.1) is 12.0 Å². The number of carbonyl (C=O) groups excluding carboxylic acids is 1. The molecule has 1 aliphatic rings. The number of carboxylic acids is 1. The van der Waals surface area contributed by atoms with E-state index >= 15 is 0 Å². The highest BCUT2D eigenvalue weighted by atomic mass is 16.5. The van der Waals surface area contributed by atoms with Crippen molar-refractivity contribution in [2.75, 3.05) is 0 Å². The van der Waals surface area contributed by atoms with Gasteiger partial charge < -0.3 is 14.5 Å². The van der Waals surface area contributed by atoms with Gasteiger partial charge in [-0.25, -0.2) is 4.79 Å². The van der Waals surface area contributed by atoms with Crippen LogP contribution in [0.3, 0.4) is 0 Å². The van der Waals surface area contributed by atoms with Crippen molar-refractivity contribution in [2.24, 2.45) is 5.92 Å². The van der Waals surface area contributed by atoms with Crippen LogP contribution in [-0.2, 0) is 10.2 Å². The lowest BCUT2D eigenvalue weighted by atomic mass is 9.83. The van der Waals surface area contributed by atoms with Crippen LogP contribution < -0.4 is 0 Å². The maximum absolute atomic E-state index is 14.3. The Hall–Kier alpha value is -3.55. The van der Waals surface area contributed by atoms with E-state index in [0.29, 0.717) is 17.3 Å². The summed E-state index contributed by atoms with van der Waals surface area (Å²) >= 11 is 0. The van der Waals surface area contributed by atoms with Crippen LogP contribution in [0, 0.1) is 12.8 Å². The first-order valence-electron chi connectivity index (χ1n) is 12.3. The molecular weight excluding hydrogens is 456 g/mol. The molecule has 1 saturated heterocycles. The Kier molecular flexibility index (Phi) is 6.73. The SMILES string of the molecule is Cc1noc(C2CC(CC(C)C)(C(=O)O)N(C(=O)c3ccc(C(C)(C)C)cc3)C2c2cccnc2)n1. The summed E-state index contributed by atoms with van der Waals surface area (Å²) in [6.45, 7) is 12.0. The van der Waals surface area contributed by atoms with Crippen LogP contribution >= 0.6 is 0 Å². The average Bonchev–Trinajstić information content (AvgIpc) is 3.40.